The van der Waals surface area contributed by atoms with Gasteiger partial charge in [-0.1, -0.05) is 18.2 Å². The molecule has 138 valence electrons. The summed E-state index contributed by atoms with van der Waals surface area (Å²) in [6.45, 7) is 5.07. The van der Waals surface area contributed by atoms with E-state index in [4.69, 9.17) is 0 Å². The predicted octanol–water partition coefficient (Wildman–Crippen LogP) is 3.51. The molecule has 0 spiro atoms. The summed E-state index contributed by atoms with van der Waals surface area (Å²) in [6.07, 6.45) is 7.47. The standard InChI is InChI=1S/C22H25N5/c1-26-9-11-27(12-10-26)22-7-3-2-6-21(22)25-15-18-13-20(17-24-14-18)19-5-4-8-23-16-19/h2-8,13-14,16-17,25H,9-12,15H2,1H3. The van der Waals surface area contributed by atoms with Crippen molar-refractivity contribution in [3.8, 4) is 11.1 Å². The molecule has 1 aliphatic heterocycles. The lowest BCUT2D eigenvalue weighted by atomic mass is 10.1. The molecule has 3 aromatic rings. The summed E-state index contributed by atoms with van der Waals surface area (Å²) in [5.41, 5.74) is 5.79. The number of piperazine rings is 1. The third kappa shape index (κ3) is 4.26. The minimum absolute atomic E-state index is 0.742. The number of benzene rings is 1. The van der Waals surface area contributed by atoms with Crippen molar-refractivity contribution in [1.29, 1.82) is 0 Å². The molecule has 0 saturated carbocycles. The van der Waals surface area contributed by atoms with Crippen molar-refractivity contribution in [2.75, 3.05) is 43.4 Å². The van der Waals surface area contributed by atoms with Crippen molar-refractivity contribution < 1.29 is 0 Å². The van der Waals surface area contributed by atoms with Crippen LogP contribution in [0.3, 0.4) is 0 Å². The molecule has 27 heavy (non-hydrogen) atoms. The van der Waals surface area contributed by atoms with Crippen LogP contribution in [0.2, 0.25) is 0 Å². The van der Waals surface area contributed by atoms with E-state index >= 15 is 0 Å². The van der Waals surface area contributed by atoms with Gasteiger partial charge in [0, 0.05) is 68.6 Å². The number of nitrogens with zero attached hydrogens (tertiary/aromatic N) is 4. The molecule has 0 unspecified atom stereocenters. The van der Waals surface area contributed by atoms with Gasteiger partial charge in [-0.3, -0.25) is 9.97 Å². The van der Waals surface area contributed by atoms with Crippen LogP contribution in [0.25, 0.3) is 11.1 Å². The van der Waals surface area contributed by atoms with Crippen LogP contribution >= 0.6 is 0 Å². The highest BCUT2D eigenvalue weighted by Crippen LogP contribution is 2.27. The molecular weight excluding hydrogens is 334 g/mol. The second-order valence-corrected chi connectivity index (χ2v) is 6.98. The number of para-hydroxylation sites is 2. The van der Waals surface area contributed by atoms with Gasteiger partial charge in [0.15, 0.2) is 0 Å². The SMILES string of the molecule is CN1CCN(c2ccccc2NCc2cncc(-c3cccnc3)c2)CC1. The molecule has 2 aromatic heterocycles. The van der Waals surface area contributed by atoms with Gasteiger partial charge in [0.25, 0.3) is 0 Å². The minimum Gasteiger partial charge on any atom is -0.379 e. The van der Waals surface area contributed by atoms with E-state index in [9.17, 15) is 0 Å². The van der Waals surface area contributed by atoms with E-state index in [1.165, 1.54) is 11.4 Å². The molecule has 5 heteroatoms. The van der Waals surface area contributed by atoms with Gasteiger partial charge in [0.05, 0.1) is 11.4 Å². The maximum atomic E-state index is 4.41. The molecule has 0 bridgehead atoms. The highest BCUT2D eigenvalue weighted by Gasteiger charge is 2.16. The second-order valence-electron chi connectivity index (χ2n) is 6.98. The zero-order valence-corrected chi connectivity index (χ0v) is 15.7. The van der Waals surface area contributed by atoms with Crippen molar-refractivity contribution in [3.63, 3.8) is 0 Å². The molecular formula is C22H25N5. The van der Waals surface area contributed by atoms with E-state index in [0.29, 0.717) is 0 Å². The zero-order valence-electron chi connectivity index (χ0n) is 15.7. The van der Waals surface area contributed by atoms with Gasteiger partial charge in [-0.05, 0) is 36.9 Å². The maximum absolute atomic E-state index is 4.41. The molecule has 3 heterocycles. The van der Waals surface area contributed by atoms with Crippen LogP contribution in [0.5, 0.6) is 0 Å². The Labute approximate surface area is 160 Å². The van der Waals surface area contributed by atoms with Crippen LogP contribution in [0.1, 0.15) is 5.56 Å². The lowest BCUT2D eigenvalue weighted by Gasteiger charge is -2.35. The highest BCUT2D eigenvalue weighted by atomic mass is 15.3. The Morgan fingerprint density at radius 2 is 1.70 bits per heavy atom. The fourth-order valence-corrected chi connectivity index (χ4v) is 3.42. The molecule has 5 nitrogen and oxygen atoms in total. The number of rotatable bonds is 5. The number of hydrogen-bond acceptors (Lipinski definition) is 5. The summed E-state index contributed by atoms with van der Waals surface area (Å²) in [7, 11) is 2.18. The average Bonchev–Trinajstić information content (AvgIpc) is 2.74. The third-order valence-corrected chi connectivity index (χ3v) is 5.02. The smallest absolute Gasteiger partial charge is 0.0602 e. The van der Waals surface area contributed by atoms with Gasteiger partial charge in [0.2, 0.25) is 0 Å². The molecule has 0 aliphatic carbocycles. The lowest BCUT2D eigenvalue weighted by molar-refractivity contribution is 0.313. The van der Waals surface area contributed by atoms with E-state index < -0.39 is 0 Å². The Bertz CT molecular complexity index is 873. The van der Waals surface area contributed by atoms with E-state index in [1.54, 1.807) is 6.20 Å². The summed E-state index contributed by atoms with van der Waals surface area (Å²) in [4.78, 5) is 13.5. The van der Waals surface area contributed by atoms with Crippen molar-refractivity contribution >= 4 is 11.4 Å². The first-order valence-corrected chi connectivity index (χ1v) is 9.40. The van der Waals surface area contributed by atoms with Crippen molar-refractivity contribution in [2.45, 2.75) is 6.54 Å². The molecule has 0 amide bonds. The Morgan fingerprint density at radius 1 is 0.889 bits per heavy atom. The fraction of sp³-hybridized carbons (Fsp3) is 0.273. The average molecular weight is 359 g/mol. The van der Waals surface area contributed by atoms with Gasteiger partial charge < -0.3 is 15.1 Å². The first-order chi connectivity index (χ1) is 13.3. The normalized spacial score (nSPS) is 14.9. The Morgan fingerprint density at radius 3 is 2.52 bits per heavy atom. The Hall–Kier alpha value is -2.92. The van der Waals surface area contributed by atoms with E-state index in [-0.39, 0.29) is 0 Å². The topological polar surface area (TPSA) is 44.3 Å². The predicted molar refractivity (Wildman–Crippen MR) is 111 cm³/mol. The maximum Gasteiger partial charge on any atom is 0.0602 e. The fourth-order valence-electron chi connectivity index (χ4n) is 3.42. The molecule has 0 atom stereocenters. The van der Waals surface area contributed by atoms with Crippen molar-refractivity contribution in [3.05, 3.63) is 72.8 Å². The van der Waals surface area contributed by atoms with Gasteiger partial charge in [-0.15, -0.1) is 0 Å². The third-order valence-electron chi connectivity index (χ3n) is 5.02. The van der Waals surface area contributed by atoms with Crippen LogP contribution < -0.4 is 10.2 Å². The van der Waals surface area contributed by atoms with E-state index in [1.807, 2.05) is 24.7 Å². The number of nitrogens with one attached hydrogen (secondary N) is 1. The van der Waals surface area contributed by atoms with Crippen molar-refractivity contribution in [2.24, 2.45) is 0 Å². The van der Waals surface area contributed by atoms with Gasteiger partial charge >= 0.3 is 0 Å². The lowest BCUT2D eigenvalue weighted by Crippen LogP contribution is -2.44. The summed E-state index contributed by atoms with van der Waals surface area (Å²) in [5, 5.41) is 3.61. The molecule has 1 N–H and O–H groups in total. The molecule has 0 radical (unpaired) electrons. The highest BCUT2D eigenvalue weighted by molar-refractivity contribution is 5.70. The minimum atomic E-state index is 0.742. The van der Waals surface area contributed by atoms with E-state index in [0.717, 1.165) is 49.4 Å². The summed E-state index contributed by atoms with van der Waals surface area (Å²) < 4.78 is 0. The van der Waals surface area contributed by atoms with Crippen molar-refractivity contribution in [1.82, 2.24) is 14.9 Å². The van der Waals surface area contributed by atoms with Gasteiger partial charge in [-0.2, -0.15) is 0 Å². The Balaban J connectivity index is 1.48. The molecule has 1 fully saturated rings. The molecule has 4 rings (SSSR count). The van der Waals surface area contributed by atoms with Crippen LogP contribution in [-0.2, 0) is 6.54 Å². The summed E-state index contributed by atoms with van der Waals surface area (Å²) in [5.74, 6) is 0. The molecule has 1 aromatic carbocycles. The molecule has 1 saturated heterocycles. The summed E-state index contributed by atoms with van der Waals surface area (Å²) in [6, 6.07) is 14.8. The van der Waals surface area contributed by atoms with Gasteiger partial charge in [0.1, 0.15) is 0 Å². The Kier molecular flexibility index (Phi) is 5.30. The number of anilines is 2. The summed E-state index contributed by atoms with van der Waals surface area (Å²) >= 11 is 0. The second kappa shape index (κ2) is 8.18. The zero-order chi connectivity index (χ0) is 18.5. The van der Waals surface area contributed by atoms with E-state index in [2.05, 4.69) is 68.5 Å². The first-order valence-electron chi connectivity index (χ1n) is 9.40. The quantitative estimate of drug-likeness (QED) is 0.755. The number of aromatic nitrogens is 2. The van der Waals surface area contributed by atoms with Crippen LogP contribution in [-0.4, -0.2) is 48.1 Å². The van der Waals surface area contributed by atoms with Gasteiger partial charge in [-0.25, -0.2) is 0 Å². The first kappa shape index (κ1) is 17.5. The number of likely N-dealkylation sites (N-methyl/N-ethyl adjacent to an activating group) is 1. The number of pyridine rings is 2. The van der Waals surface area contributed by atoms with Crippen LogP contribution in [0.15, 0.2) is 67.3 Å². The monoisotopic (exact) mass is 359 g/mol. The van der Waals surface area contributed by atoms with Crippen LogP contribution in [0, 0.1) is 0 Å². The van der Waals surface area contributed by atoms with Crippen LogP contribution in [0.4, 0.5) is 11.4 Å². The largest absolute Gasteiger partial charge is 0.379 e. The molecule has 1 aliphatic rings. The number of hydrogen-bond donors (Lipinski definition) is 1.